The Labute approximate surface area is 237 Å². The number of aliphatic carboxylic acids is 1. The number of anilines is 1. The zero-order valence-corrected chi connectivity index (χ0v) is 22.6. The summed E-state index contributed by atoms with van der Waals surface area (Å²) in [6.45, 7) is 3.03. The lowest BCUT2D eigenvalue weighted by molar-refractivity contribution is -0.142. The van der Waals surface area contributed by atoms with Crippen LogP contribution in [0.25, 0.3) is 22.5 Å². The van der Waals surface area contributed by atoms with Crippen molar-refractivity contribution in [1.29, 1.82) is 0 Å². The van der Waals surface area contributed by atoms with Crippen molar-refractivity contribution in [2.75, 3.05) is 18.0 Å². The van der Waals surface area contributed by atoms with Crippen LogP contribution in [0.4, 0.5) is 5.95 Å². The Morgan fingerprint density at radius 3 is 2.39 bits per heavy atom. The van der Waals surface area contributed by atoms with Gasteiger partial charge in [0.15, 0.2) is 6.61 Å². The minimum Gasteiger partial charge on any atom is -0.484 e. The Balaban J connectivity index is 1.05. The van der Waals surface area contributed by atoms with E-state index in [4.69, 9.17) is 9.26 Å². The predicted octanol–water partition coefficient (Wildman–Crippen LogP) is 5.46. The minimum absolute atomic E-state index is 0.0537. The number of aromatic nitrogens is 4. The van der Waals surface area contributed by atoms with Gasteiger partial charge in [-0.15, -0.1) is 0 Å². The fourth-order valence-electron chi connectivity index (χ4n) is 5.15. The molecule has 1 saturated heterocycles. The monoisotopic (exact) mass is 547 g/mol. The van der Waals surface area contributed by atoms with Crippen LogP contribution in [0.3, 0.4) is 0 Å². The van der Waals surface area contributed by atoms with Crippen molar-refractivity contribution in [2.24, 2.45) is 11.8 Å². The summed E-state index contributed by atoms with van der Waals surface area (Å²) in [6.07, 6.45) is 2.34. The van der Waals surface area contributed by atoms with E-state index in [1.807, 2.05) is 84.6 Å². The van der Waals surface area contributed by atoms with Crippen molar-refractivity contribution < 1.29 is 19.2 Å². The summed E-state index contributed by atoms with van der Waals surface area (Å²) in [6, 6.07) is 27.7. The third-order valence-electron chi connectivity index (χ3n) is 7.33. The molecule has 206 valence electrons. The number of hydrogen-bond donors (Lipinski definition) is 1. The van der Waals surface area contributed by atoms with Crippen molar-refractivity contribution >= 4 is 11.9 Å². The van der Waals surface area contributed by atoms with Crippen molar-refractivity contribution in [3.63, 3.8) is 0 Å². The van der Waals surface area contributed by atoms with Gasteiger partial charge in [-0.25, -0.2) is 9.97 Å². The van der Waals surface area contributed by atoms with Crippen LogP contribution >= 0.6 is 0 Å². The Morgan fingerprint density at radius 2 is 1.66 bits per heavy atom. The summed E-state index contributed by atoms with van der Waals surface area (Å²) < 4.78 is 11.3. The van der Waals surface area contributed by atoms with Gasteiger partial charge in [0.1, 0.15) is 5.75 Å². The number of carboxylic acids is 1. The molecule has 5 aromatic rings. The Bertz CT molecular complexity index is 1620. The molecule has 1 N–H and O–H groups in total. The minimum atomic E-state index is -0.795. The molecule has 0 unspecified atom stereocenters. The van der Waals surface area contributed by atoms with Crippen molar-refractivity contribution in [3.05, 3.63) is 108 Å². The molecule has 9 nitrogen and oxygen atoms in total. The smallest absolute Gasteiger partial charge is 0.308 e. The van der Waals surface area contributed by atoms with Crippen LogP contribution in [-0.4, -0.2) is 44.3 Å². The maximum atomic E-state index is 12.0. The number of ether oxygens (including phenoxy) is 1. The molecule has 0 amide bonds. The molecule has 1 fully saturated rings. The Morgan fingerprint density at radius 1 is 0.927 bits per heavy atom. The first-order valence-corrected chi connectivity index (χ1v) is 13.5. The molecule has 1 aliphatic rings. The molecule has 41 heavy (non-hydrogen) atoms. The van der Waals surface area contributed by atoms with E-state index >= 15 is 0 Å². The van der Waals surface area contributed by atoms with Gasteiger partial charge in [-0.05, 0) is 54.2 Å². The predicted molar refractivity (Wildman–Crippen MR) is 153 cm³/mol. The lowest BCUT2D eigenvalue weighted by atomic mass is 9.90. The Hall–Kier alpha value is -5.05. The van der Waals surface area contributed by atoms with Gasteiger partial charge < -0.3 is 19.3 Å². The molecule has 9 heteroatoms. The van der Waals surface area contributed by atoms with E-state index in [0.29, 0.717) is 42.9 Å². The summed E-state index contributed by atoms with van der Waals surface area (Å²) in [4.78, 5) is 27.2. The third kappa shape index (κ3) is 6.09. The summed E-state index contributed by atoms with van der Waals surface area (Å²) >= 11 is 0. The summed E-state index contributed by atoms with van der Waals surface area (Å²) in [5.41, 5.74) is 5.03. The van der Waals surface area contributed by atoms with E-state index in [0.717, 1.165) is 27.9 Å². The molecule has 6 rings (SSSR count). The number of carboxylic acid groups (broad SMARTS) is 1. The molecule has 3 heterocycles. The average Bonchev–Trinajstić information content (AvgIpc) is 3.65. The van der Waals surface area contributed by atoms with E-state index < -0.39 is 11.9 Å². The highest BCUT2D eigenvalue weighted by Crippen LogP contribution is 2.30. The van der Waals surface area contributed by atoms with Crippen LogP contribution in [-0.2, 0) is 17.8 Å². The third-order valence-corrected chi connectivity index (χ3v) is 7.33. The van der Waals surface area contributed by atoms with Crippen molar-refractivity contribution in [1.82, 2.24) is 20.1 Å². The fraction of sp³-hybridized carbons (Fsp3) is 0.219. The normalized spacial score (nSPS) is 16.6. The van der Waals surface area contributed by atoms with Gasteiger partial charge in [0.25, 0.3) is 5.89 Å². The second kappa shape index (κ2) is 11.6. The molecule has 2 aromatic heterocycles. The van der Waals surface area contributed by atoms with Gasteiger partial charge in [-0.2, -0.15) is 4.98 Å². The van der Waals surface area contributed by atoms with Crippen LogP contribution in [0.15, 0.2) is 95.6 Å². The van der Waals surface area contributed by atoms with E-state index in [9.17, 15) is 9.90 Å². The maximum absolute atomic E-state index is 12.0. The molecule has 0 radical (unpaired) electrons. The van der Waals surface area contributed by atoms with Gasteiger partial charge in [0.2, 0.25) is 11.8 Å². The maximum Gasteiger partial charge on any atom is 0.308 e. The quantitative estimate of drug-likeness (QED) is 0.257. The van der Waals surface area contributed by atoms with Crippen LogP contribution in [0.5, 0.6) is 5.75 Å². The van der Waals surface area contributed by atoms with Crippen LogP contribution < -0.4 is 9.64 Å². The first-order valence-electron chi connectivity index (χ1n) is 13.5. The van der Waals surface area contributed by atoms with E-state index in [1.165, 1.54) is 0 Å². The number of carbonyl (C=O) groups is 1. The summed E-state index contributed by atoms with van der Waals surface area (Å²) in [5, 5.41) is 13.9. The lowest BCUT2D eigenvalue weighted by Crippen LogP contribution is -2.25. The highest BCUT2D eigenvalue weighted by Gasteiger charge is 2.38. The number of hydrogen-bond acceptors (Lipinski definition) is 8. The number of aryl methyl sites for hydroxylation is 1. The number of nitrogens with zero attached hydrogens (tertiary/aromatic N) is 5. The van der Waals surface area contributed by atoms with Crippen LogP contribution in [0.2, 0.25) is 0 Å². The molecule has 0 bridgehead atoms. The molecule has 3 aromatic carbocycles. The van der Waals surface area contributed by atoms with Gasteiger partial charge in [0.05, 0.1) is 5.92 Å². The van der Waals surface area contributed by atoms with E-state index in [1.54, 1.807) is 6.20 Å². The first-order chi connectivity index (χ1) is 20.0. The van der Waals surface area contributed by atoms with Gasteiger partial charge in [-0.1, -0.05) is 71.9 Å². The standard InChI is InChI=1S/C32H29N5O4/c1-21-15-16-33-32(34-21)37-18-26(28(19-37)31(38)39)17-22-7-13-27(14-8-22)40-20-29-35-30(36-41-29)25-11-9-24(10-12-25)23-5-3-2-4-6-23/h2-16,26,28H,17-20H2,1H3,(H,38,39)/t26-,28+/m1/s1. The fourth-order valence-corrected chi connectivity index (χ4v) is 5.15. The highest BCUT2D eigenvalue weighted by molar-refractivity contribution is 5.72. The first kappa shape index (κ1) is 26.2. The zero-order chi connectivity index (χ0) is 28.2. The SMILES string of the molecule is Cc1ccnc(N2C[C@@H](Cc3ccc(OCc4nc(-c5ccc(-c6ccccc6)cc5)no4)cc3)[C@@H](C(=O)O)C2)n1. The molecule has 1 aliphatic heterocycles. The topological polar surface area (TPSA) is 114 Å². The van der Waals surface area contributed by atoms with Crippen LogP contribution in [0.1, 0.15) is 17.1 Å². The molecule has 0 saturated carbocycles. The van der Waals surface area contributed by atoms with Crippen molar-refractivity contribution in [3.8, 4) is 28.3 Å². The van der Waals surface area contributed by atoms with Crippen molar-refractivity contribution in [2.45, 2.75) is 20.0 Å². The summed E-state index contributed by atoms with van der Waals surface area (Å²) in [5.74, 6) is 0.792. The van der Waals surface area contributed by atoms with E-state index in [2.05, 4.69) is 32.2 Å². The Kier molecular flexibility index (Phi) is 7.40. The molecule has 2 atom stereocenters. The molecule has 0 spiro atoms. The van der Waals surface area contributed by atoms with Gasteiger partial charge in [-0.3, -0.25) is 4.79 Å². The molecule has 0 aliphatic carbocycles. The molecular formula is C32H29N5O4. The second-order valence-electron chi connectivity index (χ2n) is 10.2. The number of benzene rings is 3. The highest BCUT2D eigenvalue weighted by atomic mass is 16.5. The second-order valence-corrected chi connectivity index (χ2v) is 10.2. The van der Waals surface area contributed by atoms with Gasteiger partial charge in [0, 0.05) is 30.5 Å². The molecular weight excluding hydrogens is 518 g/mol. The van der Waals surface area contributed by atoms with Gasteiger partial charge >= 0.3 is 5.97 Å². The van der Waals surface area contributed by atoms with Crippen LogP contribution in [0, 0.1) is 18.8 Å². The average molecular weight is 548 g/mol. The van der Waals surface area contributed by atoms with E-state index in [-0.39, 0.29) is 12.5 Å². The summed E-state index contributed by atoms with van der Waals surface area (Å²) in [7, 11) is 0. The lowest BCUT2D eigenvalue weighted by Gasteiger charge is -2.16. The largest absolute Gasteiger partial charge is 0.484 e. The number of rotatable bonds is 9. The zero-order valence-electron chi connectivity index (χ0n) is 22.6.